The van der Waals surface area contributed by atoms with Crippen molar-refractivity contribution in [3.63, 3.8) is 0 Å². The molecular weight excluding hydrogens is 400 g/mol. The summed E-state index contributed by atoms with van der Waals surface area (Å²) in [5.41, 5.74) is 2.36. The lowest BCUT2D eigenvalue weighted by molar-refractivity contribution is 0.415. The Labute approximate surface area is 157 Å². The third kappa shape index (κ3) is 2.59. The SMILES string of the molecule is CCCCn1c(=O)n2nc(-c3ccc(OC)cc3)nc2c2c1ncn2Br. The number of methoxy groups -OCH3 is 1. The van der Waals surface area contributed by atoms with Gasteiger partial charge in [-0.25, -0.2) is 14.8 Å². The molecule has 3 aromatic heterocycles. The zero-order valence-corrected chi connectivity index (χ0v) is 16.0. The van der Waals surface area contributed by atoms with Crippen LogP contribution in [0, 0.1) is 0 Å². The first kappa shape index (κ1) is 16.8. The highest BCUT2D eigenvalue weighted by atomic mass is 79.9. The number of nitrogens with zero attached hydrogens (tertiary/aromatic N) is 6. The number of fused-ring (bicyclic) bond motifs is 3. The van der Waals surface area contributed by atoms with Crippen LogP contribution in [0.4, 0.5) is 0 Å². The molecule has 0 unspecified atom stereocenters. The number of hydrogen-bond acceptors (Lipinski definition) is 5. The maximum atomic E-state index is 12.9. The molecule has 8 nitrogen and oxygen atoms in total. The molecule has 4 aromatic rings. The van der Waals surface area contributed by atoms with Gasteiger partial charge in [0.25, 0.3) is 0 Å². The highest BCUT2D eigenvalue weighted by Gasteiger charge is 2.19. The fourth-order valence-electron chi connectivity index (χ4n) is 2.90. The molecule has 0 N–H and O–H groups in total. The summed E-state index contributed by atoms with van der Waals surface area (Å²) in [5, 5.41) is 4.45. The van der Waals surface area contributed by atoms with Crippen LogP contribution in [0.3, 0.4) is 0 Å². The molecule has 0 spiro atoms. The van der Waals surface area contributed by atoms with Gasteiger partial charge in [0.2, 0.25) is 0 Å². The number of unbranched alkanes of at least 4 members (excludes halogenated alkanes) is 1. The summed E-state index contributed by atoms with van der Waals surface area (Å²) >= 11 is 3.44. The van der Waals surface area contributed by atoms with E-state index in [0.29, 0.717) is 29.2 Å². The lowest BCUT2D eigenvalue weighted by atomic mass is 10.2. The van der Waals surface area contributed by atoms with Gasteiger partial charge in [0.05, 0.1) is 23.3 Å². The zero-order chi connectivity index (χ0) is 18.3. The molecule has 9 heteroatoms. The van der Waals surface area contributed by atoms with Gasteiger partial charge in [-0.3, -0.25) is 8.16 Å². The third-order valence-electron chi connectivity index (χ3n) is 4.28. The first-order valence-electron chi connectivity index (χ1n) is 8.31. The number of imidazole rings is 1. The predicted molar refractivity (Wildman–Crippen MR) is 102 cm³/mol. The molecule has 0 saturated carbocycles. The second-order valence-electron chi connectivity index (χ2n) is 5.92. The zero-order valence-electron chi connectivity index (χ0n) is 14.4. The predicted octanol–water partition coefficient (Wildman–Crippen LogP) is 2.87. The van der Waals surface area contributed by atoms with E-state index in [0.717, 1.165) is 24.2 Å². The summed E-state index contributed by atoms with van der Waals surface area (Å²) in [6.07, 6.45) is 3.49. The van der Waals surface area contributed by atoms with Crippen molar-refractivity contribution in [1.29, 1.82) is 0 Å². The summed E-state index contributed by atoms with van der Waals surface area (Å²) in [6, 6.07) is 7.41. The first-order chi connectivity index (χ1) is 12.6. The van der Waals surface area contributed by atoms with Gasteiger partial charge in [0.1, 0.15) is 17.6 Å². The molecule has 0 saturated heterocycles. The average Bonchev–Trinajstić information content (AvgIpc) is 3.26. The van der Waals surface area contributed by atoms with Gasteiger partial charge in [-0.15, -0.1) is 5.10 Å². The monoisotopic (exact) mass is 416 g/mol. The fraction of sp³-hybridized carbons (Fsp3) is 0.294. The summed E-state index contributed by atoms with van der Waals surface area (Å²) < 4.78 is 9.86. The lowest BCUT2D eigenvalue weighted by Gasteiger charge is -2.06. The van der Waals surface area contributed by atoms with Crippen molar-refractivity contribution < 1.29 is 4.74 Å². The van der Waals surface area contributed by atoms with Crippen molar-refractivity contribution in [3.05, 3.63) is 41.1 Å². The van der Waals surface area contributed by atoms with Gasteiger partial charge in [-0.1, -0.05) is 13.3 Å². The van der Waals surface area contributed by atoms with Gasteiger partial charge in [-0.2, -0.15) is 4.52 Å². The molecule has 26 heavy (non-hydrogen) atoms. The van der Waals surface area contributed by atoms with E-state index >= 15 is 0 Å². The van der Waals surface area contributed by atoms with E-state index in [-0.39, 0.29) is 5.69 Å². The van der Waals surface area contributed by atoms with Crippen LogP contribution in [0.15, 0.2) is 35.4 Å². The summed E-state index contributed by atoms with van der Waals surface area (Å²) in [5.74, 6) is 1.23. The minimum absolute atomic E-state index is 0.237. The van der Waals surface area contributed by atoms with Crippen LogP contribution in [-0.2, 0) is 6.54 Å². The molecule has 3 heterocycles. The molecule has 0 radical (unpaired) electrons. The van der Waals surface area contributed by atoms with Crippen molar-refractivity contribution in [2.75, 3.05) is 7.11 Å². The molecule has 4 rings (SSSR count). The highest BCUT2D eigenvalue weighted by molar-refractivity contribution is 9.08. The normalized spacial score (nSPS) is 11.5. The Hall–Kier alpha value is -2.68. The maximum Gasteiger partial charge on any atom is 0.352 e. The second kappa shape index (κ2) is 6.56. The van der Waals surface area contributed by atoms with Crippen LogP contribution in [0.2, 0.25) is 0 Å². The van der Waals surface area contributed by atoms with E-state index in [9.17, 15) is 4.79 Å². The molecule has 0 bridgehead atoms. The number of halogens is 1. The van der Waals surface area contributed by atoms with Crippen LogP contribution < -0.4 is 10.4 Å². The molecule has 0 amide bonds. The number of hydrogen-bond donors (Lipinski definition) is 0. The Morgan fingerprint density at radius 2 is 1.96 bits per heavy atom. The Bertz CT molecular complexity index is 1140. The average molecular weight is 417 g/mol. The van der Waals surface area contributed by atoms with E-state index < -0.39 is 0 Å². The molecule has 0 atom stereocenters. The van der Waals surface area contributed by atoms with Crippen LogP contribution in [0.1, 0.15) is 19.8 Å². The van der Waals surface area contributed by atoms with Gasteiger partial charge in [0.15, 0.2) is 17.1 Å². The number of benzene rings is 1. The summed E-state index contributed by atoms with van der Waals surface area (Å²) in [7, 11) is 1.62. The molecule has 0 aliphatic carbocycles. The van der Waals surface area contributed by atoms with Crippen LogP contribution in [0.25, 0.3) is 28.2 Å². The van der Waals surface area contributed by atoms with Gasteiger partial charge < -0.3 is 4.74 Å². The molecule has 0 aliphatic rings. The number of ether oxygens (including phenoxy) is 1. The third-order valence-corrected chi connectivity index (χ3v) is 4.81. The highest BCUT2D eigenvalue weighted by Crippen LogP contribution is 2.23. The van der Waals surface area contributed by atoms with E-state index in [4.69, 9.17) is 4.74 Å². The molecule has 0 aliphatic heterocycles. The van der Waals surface area contributed by atoms with E-state index in [1.165, 1.54) is 4.52 Å². The van der Waals surface area contributed by atoms with Crippen LogP contribution in [-0.4, -0.2) is 34.9 Å². The van der Waals surface area contributed by atoms with Crippen molar-refractivity contribution >= 4 is 33.0 Å². The molecule has 1 aromatic carbocycles. The Morgan fingerprint density at radius 1 is 1.19 bits per heavy atom. The van der Waals surface area contributed by atoms with E-state index in [1.54, 1.807) is 21.6 Å². The molecule has 134 valence electrons. The lowest BCUT2D eigenvalue weighted by Crippen LogP contribution is -2.28. The number of aromatic nitrogens is 6. The van der Waals surface area contributed by atoms with Crippen molar-refractivity contribution in [1.82, 2.24) is 27.7 Å². The standard InChI is InChI=1S/C17H17BrN6O2/c1-3-4-9-22-15-13(23(18)10-19-15)16-20-14(21-24(16)17(22)25)11-5-7-12(26-2)8-6-11/h5-8,10H,3-4,9H2,1-2H3. The summed E-state index contributed by atoms with van der Waals surface area (Å²) in [4.78, 5) is 21.9. The minimum Gasteiger partial charge on any atom is -0.497 e. The molecular formula is C17H17BrN6O2. The van der Waals surface area contributed by atoms with E-state index in [1.807, 2.05) is 24.3 Å². The number of aryl methyl sites for hydroxylation is 1. The quantitative estimate of drug-likeness (QED) is 0.499. The second-order valence-corrected chi connectivity index (χ2v) is 6.68. The molecule has 0 fully saturated rings. The Kier molecular flexibility index (Phi) is 4.23. The Balaban J connectivity index is 1.97. The van der Waals surface area contributed by atoms with Crippen molar-refractivity contribution in [2.24, 2.45) is 0 Å². The van der Waals surface area contributed by atoms with E-state index in [2.05, 4.69) is 38.1 Å². The van der Waals surface area contributed by atoms with Crippen molar-refractivity contribution in [3.8, 4) is 17.1 Å². The van der Waals surface area contributed by atoms with Gasteiger partial charge in [0, 0.05) is 12.1 Å². The van der Waals surface area contributed by atoms with Gasteiger partial charge >= 0.3 is 5.69 Å². The topological polar surface area (TPSA) is 79.2 Å². The van der Waals surface area contributed by atoms with Gasteiger partial charge in [-0.05, 0) is 30.7 Å². The Morgan fingerprint density at radius 3 is 2.65 bits per heavy atom. The minimum atomic E-state index is -0.237. The van der Waals surface area contributed by atoms with Crippen LogP contribution >= 0.6 is 16.1 Å². The summed E-state index contributed by atoms with van der Waals surface area (Å²) in [6.45, 7) is 2.67. The maximum absolute atomic E-state index is 12.9. The first-order valence-corrected chi connectivity index (χ1v) is 9.02. The fourth-order valence-corrected chi connectivity index (χ4v) is 3.31. The number of rotatable bonds is 5. The smallest absolute Gasteiger partial charge is 0.352 e. The van der Waals surface area contributed by atoms with Crippen molar-refractivity contribution in [2.45, 2.75) is 26.3 Å². The van der Waals surface area contributed by atoms with Crippen LogP contribution in [0.5, 0.6) is 5.75 Å². The largest absolute Gasteiger partial charge is 0.497 e.